The number of fused-ring (bicyclic) bond motifs is 9. The molecule has 15 atom stereocenters. The van der Waals surface area contributed by atoms with Crippen LogP contribution < -0.4 is 45.6 Å². The first-order chi connectivity index (χ1) is 58.8. The third-order valence-electron chi connectivity index (χ3n) is 15.0. The summed E-state index contributed by atoms with van der Waals surface area (Å²) in [6, 6.07) is -5.69. The Morgan fingerprint density at radius 1 is 0.478 bits per heavy atom. The van der Waals surface area contributed by atoms with Crippen molar-refractivity contribution >= 4 is 17.9 Å². The molecule has 3 aromatic carbocycles. The number of carbonyl (C=O) groups is 3. The minimum absolute atomic E-state index is 0.00504. The van der Waals surface area contributed by atoms with Crippen LogP contribution in [0.25, 0.3) is 0 Å². The highest BCUT2D eigenvalue weighted by Crippen LogP contribution is 2.48. The number of carbonyl (C=O) groups excluding carboxylic acids is 3. The van der Waals surface area contributed by atoms with Crippen molar-refractivity contribution in [2.45, 2.75) is 195 Å². The second-order valence-electron chi connectivity index (χ2n) is 22.7. The fraction of sp³-hybridized carbons (Fsp3) is 0.708. The first kappa shape index (κ1) is 33.6. The molecule has 0 aliphatic carbocycles. The topological polar surface area (TPSA) is 222 Å². The zero-order valence-electron chi connectivity index (χ0n) is 94.9. The standard InChI is InChI=1S/3C24H38N2O4/c3*1-14(2)9-17-13-26-8-7-16-10-21(28-5)22(29-6)11-18(16)19(26)12-20(17)30-24(27)23(25)15(3)4/h3*10-11,14-15,17,19-20,23H,7-9,12-13,25H2,1-6H3/t3*17?,19?,20?,23-/m000/s1/i2*1D3,5D3,9D2,12D2,13D2,14D,17D,19D;1D3,9D2,12D2,13D2,14D,17D,19D/t3*14?,17?,19?,20?,23-. The molecular weight excluding hydrogens is 1140 g/mol. The van der Waals surface area contributed by atoms with Crippen LogP contribution >= 0.6 is 0 Å². The normalized spacial score (nSPS) is 43.2. The number of esters is 3. The second-order valence-corrected chi connectivity index (χ2v) is 22.7. The maximum absolute atomic E-state index is 13.2. The van der Waals surface area contributed by atoms with Gasteiger partial charge in [0.15, 0.2) is 34.5 Å². The van der Waals surface area contributed by atoms with Crippen molar-refractivity contribution in [3.05, 3.63) is 69.8 Å². The molecule has 0 bridgehead atoms. The summed E-state index contributed by atoms with van der Waals surface area (Å²) in [6.07, 6.45) is -30.3. The predicted molar refractivity (Wildman–Crippen MR) is 353 cm³/mol. The quantitative estimate of drug-likeness (QED) is 0.0666. The molecule has 6 aliphatic rings. The zero-order chi connectivity index (χ0) is 103. The Morgan fingerprint density at radius 3 is 0.967 bits per heavy atom. The van der Waals surface area contributed by atoms with Gasteiger partial charge in [0, 0.05) is 139 Å². The molecule has 90 heavy (non-hydrogen) atoms. The lowest BCUT2D eigenvalue weighted by molar-refractivity contribution is -0.161. The molecule has 3 saturated heterocycles. The zero-order valence-corrected chi connectivity index (χ0v) is 52.9. The van der Waals surface area contributed by atoms with Crippen LogP contribution in [-0.4, -0.2) is 151 Å². The lowest BCUT2D eigenvalue weighted by Crippen LogP contribution is -2.51. The number of benzene rings is 3. The maximum atomic E-state index is 13.2. The van der Waals surface area contributed by atoms with E-state index in [9.17, 15) is 36.3 Å². The Bertz CT molecular complexity index is 4580. The fourth-order valence-electron chi connectivity index (χ4n) is 9.91. The Labute approximate surface area is 598 Å². The summed E-state index contributed by atoms with van der Waals surface area (Å²) in [7, 11) is -0.873. The summed E-state index contributed by atoms with van der Waals surface area (Å²) in [5, 5.41) is 0. The van der Waals surface area contributed by atoms with Crippen molar-refractivity contribution < 1.29 is 115 Å². The van der Waals surface area contributed by atoms with Crippen molar-refractivity contribution in [3.8, 4) is 34.5 Å². The van der Waals surface area contributed by atoms with Crippen molar-refractivity contribution in [1.82, 2.24) is 14.7 Å². The molecule has 0 radical (unpaired) electrons. The molecule has 0 spiro atoms. The summed E-state index contributed by atoms with van der Waals surface area (Å²) in [5.41, 5.74) is 17.7. The molecular formula is C72H114N6O12. The number of nitrogens with two attached hydrogens (primary N) is 3. The van der Waals surface area contributed by atoms with Gasteiger partial charge in [-0.2, -0.15) is 0 Å². The number of ether oxygens (including phenoxy) is 9. The Morgan fingerprint density at radius 2 is 0.733 bits per heavy atom. The van der Waals surface area contributed by atoms with E-state index in [1.807, 2.05) is 0 Å². The Kier molecular flexibility index (Phi) is 12.1. The maximum Gasteiger partial charge on any atom is 0.323 e. The van der Waals surface area contributed by atoms with Crippen LogP contribution in [0, 0.1) is 53.1 Å². The smallest absolute Gasteiger partial charge is 0.323 e. The molecule has 18 nitrogen and oxygen atoms in total. The third-order valence-corrected chi connectivity index (χ3v) is 15.0. The van der Waals surface area contributed by atoms with E-state index in [4.69, 9.17) is 95.5 Å². The summed E-state index contributed by atoms with van der Waals surface area (Å²) < 4.78 is 410. The molecule has 12 unspecified atom stereocenters. The average molecular weight is 1300 g/mol. The summed E-state index contributed by atoms with van der Waals surface area (Å²) >= 11 is 0. The molecule has 0 amide bonds. The van der Waals surface area contributed by atoms with Gasteiger partial charge in [0.25, 0.3) is 0 Å². The van der Waals surface area contributed by atoms with Crippen LogP contribution in [0.3, 0.4) is 0 Å². The van der Waals surface area contributed by atoms with Crippen molar-refractivity contribution in [3.63, 3.8) is 0 Å². The number of nitrogens with zero attached hydrogens (tertiary/aromatic N) is 3. The SMILES string of the molecule is [2H]C([2H])([2H])C([2H])(C)C([2H])([2H])C1([2H])C(OC(=O)[C@@H](N)C(C)C)C([2H])([2H])C2([2H])c3cc(OC)c(OC)cc3CCN2C1([2H])[2H].[2H]C([2H])([2H])Oc1cc2c(cc1OC)C1([2H])N(CC2)C([2H])([2H])C([2H])(C([2H])([2H])C([2H])(C)C([2H])([2H])[2H])C(OC(=O)[C@@H](N)C(C)C)C1([2H])[2H].[2H]C([2H])([2H])Oc1cc2c(cc1OC)C1([2H])N(CC2)C([2H])([2H])C([2H])(C([2H])([2H])C([2H])(C)C([2H])([2H])[2H])C(OC(=O)[C@@H](N)C(C)C)C1([2H])[2H]. The first-order valence-electron chi connectivity index (χ1n) is 50.1. The monoisotopic (exact) mass is 1300 g/mol. The van der Waals surface area contributed by atoms with Crippen LogP contribution in [0.15, 0.2) is 36.4 Å². The lowest BCUT2D eigenvalue weighted by atomic mass is 9.79. The molecule has 0 aromatic heterocycles. The highest BCUT2D eigenvalue weighted by molar-refractivity contribution is 5.77. The number of piperidine rings is 3. The minimum Gasteiger partial charge on any atom is -0.493 e. The highest BCUT2D eigenvalue weighted by atomic mass is 16.6. The Hall–Kier alpha value is -5.37. The second kappa shape index (κ2) is 32.5. The van der Waals surface area contributed by atoms with E-state index in [1.165, 1.54) is 66.2 Å². The number of methoxy groups -OCH3 is 6. The van der Waals surface area contributed by atoms with E-state index in [0.717, 1.165) is 26.4 Å². The van der Waals surface area contributed by atoms with E-state index in [1.54, 1.807) is 13.8 Å². The molecule has 6 aliphatic heterocycles. The average Bonchev–Trinajstić information content (AvgIpc) is 0.663. The van der Waals surface area contributed by atoms with Crippen molar-refractivity contribution in [2.24, 2.45) is 70.3 Å². The summed E-state index contributed by atoms with van der Waals surface area (Å²) in [4.78, 5) is 41.4. The van der Waals surface area contributed by atoms with Crippen LogP contribution in [-0.2, 0) is 47.9 Å². The minimum atomic E-state index is -3.79. The molecule has 6 heterocycles. The van der Waals surface area contributed by atoms with Crippen molar-refractivity contribution in [2.75, 3.05) is 81.6 Å². The number of rotatable bonds is 21. The summed E-state index contributed by atoms with van der Waals surface area (Å²) in [6.45, 7) is -11.3. The predicted octanol–water partition coefficient (Wildman–Crippen LogP) is 10.7. The molecule has 18 heteroatoms. The lowest BCUT2D eigenvalue weighted by Gasteiger charge is -2.47. The van der Waals surface area contributed by atoms with Gasteiger partial charge in [-0.05, 0) is 144 Å². The van der Waals surface area contributed by atoms with E-state index < -0.39 is 238 Å². The van der Waals surface area contributed by atoms with Crippen LogP contribution in [0.4, 0.5) is 0 Å². The first-order valence-corrected chi connectivity index (χ1v) is 29.1. The van der Waals surface area contributed by atoms with E-state index in [-0.39, 0.29) is 81.6 Å². The van der Waals surface area contributed by atoms with Gasteiger partial charge in [-0.25, -0.2) is 0 Å². The van der Waals surface area contributed by atoms with Gasteiger partial charge in [0.1, 0.15) is 36.4 Å². The molecule has 9 rings (SSSR count). The van der Waals surface area contributed by atoms with E-state index in [0.29, 0.717) is 41.0 Å². The van der Waals surface area contributed by atoms with Gasteiger partial charge < -0.3 is 59.8 Å². The van der Waals surface area contributed by atoms with Gasteiger partial charge >= 0.3 is 17.9 Å². The van der Waals surface area contributed by atoms with Crippen LogP contribution in [0.5, 0.6) is 34.5 Å². The van der Waals surface area contributed by atoms with Crippen molar-refractivity contribution in [1.29, 1.82) is 0 Å². The Balaban J connectivity index is 0.000000271. The highest BCUT2D eigenvalue weighted by Gasteiger charge is 2.45. The van der Waals surface area contributed by atoms with E-state index in [2.05, 4.69) is 0 Å². The molecule has 3 aromatic rings. The largest absolute Gasteiger partial charge is 0.493 e. The van der Waals surface area contributed by atoms with Gasteiger partial charge in [0.2, 0.25) is 0 Å². The molecule has 3 fully saturated rings. The van der Waals surface area contributed by atoms with Gasteiger partial charge in [-0.1, -0.05) is 82.9 Å². The fourth-order valence-corrected chi connectivity index (χ4v) is 9.91. The third kappa shape index (κ3) is 17.5. The van der Waals surface area contributed by atoms with Gasteiger partial charge in [-0.15, -0.1) is 0 Å². The molecule has 504 valence electrons. The number of hydrogen-bond donors (Lipinski definition) is 3. The van der Waals surface area contributed by atoms with Crippen LogP contribution in [0.2, 0.25) is 0 Å². The van der Waals surface area contributed by atoms with Gasteiger partial charge in [0.05, 0.1) is 54.9 Å². The molecule has 0 saturated carbocycles. The van der Waals surface area contributed by atoms with Crippen LogP contribution in [0.1, 0.15) is 230 Å². The molecule has 6 N–H and O–H groups in total. The van der Waals surface area contributed by atoms with Gasteiger partial charge in [-0.3, -0.25) is 29.1 Å². The number of hydrogen-bond acceptors (Lipinski definition) is 18. The van der Waals surface area contributed by atoms with E-state index >= 15 is 0 Å². The summed E-state index contributed by atoms with van der Waals surface area (Å²) in [5.74, 6) is -27.4.